The van der Waals surface area contributed by atoms with Gasteiger partial charge in [-0.1, -0.05) is 24.6 Å². The maximum absolute atomic E-state index is 12.6. The van der Waals surface area contributed by atoms with E-state index < -0.39 is 0 Å². The van der Waals surface area contributed by atoms with E-state index in [1.165, 1.54) is 0 Å². The molecule has 21 heavy (non-hydrogen) atoms. The van der Waals surface area contributed by atoms with E-state index in [2.05, 4.69) is 23.2 Å². The first-order valence-corrected chi connectivity index (χ1v) is 8.03. The van der Waals surface area contributed by atoms with Crippen LogP contribution in [0.15, 0.2) is 24.3 Å². The van der Waals surface area contributed by atoms with Gasteiger partial charge in [-0.15, -0.1) is 0 Å². The number of benzene rings is 1. The zero-order valence-electron chi connectivity index (χ0n) is 12.4. The van der Waals surface area contributed by atoms with Gasteiger partial charge in [0, 0.05) is 43.4 Å². The molecule has 2 saturated heterocycles. The van der Waals surface area contributed by atoms with Crippen LogP contribution in [0.3, 0.4) is 0 Å². The Bertz CT molecular complexity index is 514. The van der Waals surface area contributed by atoms with Gasteiger partial charge in [-0.3, -0.25) is 4.79 Å². The van der Waals surface area contributed by atoms with Crippen LogP contribution in [0, 0.1) is 11.8 Å². The summed E-state index contributed by atoms with van der Waals surface area (Å²) >= 11 is 6.05. The molecule has 114 valence electrons. The zero-order chi connectivity index (χ0) is 14.8. The summed E-state index contributed by atoms with van der Waals surface area (Å²) in [5.41, 5.74) is 1.14. The second kappa shape index (κ2) is 6.24. The first-order chi connectivity index (χ1) is 10.1. The molecule has 1 amide bonds. The fraction of sp³-hybridized carbons (Fsp3) is 0.562. The van der Waals surface area contributed by atoms with Crippen molar-refractivity contribution in [1.82, 2.24) is 10.2 Å². The number of piperazine rings is 1. The first-order valence-electron chi connectivity index (χ1n) is 7.65. The average molecular weight is 308 g/mol. The van der Waals surface area contributed by atoms with Crippen LogP contribution >= 0.6 is 11.6 Å². The minimum atomic E-state index is 0.155. The molecule has 2 aliphatic rings. The van der Waals surface area contributed by atoms with Gasteiger partial charge >= 0.3 is 0 Å². The molecule has 5 heteroatoms. The third-order valence-electron chi connectivity index (χ3n) is 4.60. The molecule has 2 aliphatic heterocycles. The van der Waals surface area contributed by atoms with Crippen molar-refractivity contribution < 1.29 is 4.79 Å². The molecule has 2 heterocycles. The van der Waals surface area contributed by atoms with Gasteiger partial charge in [-0.05, 0) is 30.7 Å². The lowest BCUT2D eigenvalue weighted by Crippen LogP contribution is -2.51. The van der Waals surface area contributed by atoms with Gasteiger partial charge in [0.05, 0.1) is 5.92 Å². The van der Waals surface area contributed by atoms with Crippen molar-refractivity contribution >= 4 is 23.2 Å². The summed E-state index contributed by atoms with van der Waals surface area (Å²) in [7, 11) is 0. The summed E-state index contributed by atoms with van der Waals surface area (Å²) in [4.78, 5) is 16.9. The molecule has 0 aromatic heterocycles. The Morgan fingerprint density at radius 1 is 1.24 bits per heavy atom. The average Bonchev–Trinajstić information content (AvgIpc) is 2.93. The molecule has 1 aromatic rings. The van der Waals surface area contributed by atoms with Crippen LogP contribution in [0.4, 0.5) is 5.69 Å². The lowest BCUT2D eigenvalue weighted by atomic mass is 9.96. The van der Waals surface area contributed by atoms with Crippen molar-refractivity contribution in [2.24, 2.45) is 11.8 Å². The minimum absolute atomic E-state index is 0.155. The van der Waals surface area contributed by atoms with Gasteiger partial charge in [0.15, 0.2) is 0 Å². The fourth-order valence-electron chi connectivity index (χ4n) is 3.23. The Morgan fingerprint density at radius 2 is 2.00 bits per heavy atom. The monoisotopic (exact) mass is 307 g/mol. The van der Waals surface area contributed by atoms with E-state index in [1.807, 2.05) is 23.1 Å². The van der Waals surface area contributed by atoms with Crippen molar-refractivity contribution in [2.45, 2.75) is 6.92 Å². The summed E-state index contributed by atoms with van der Waals surface area (Å²) in [6, 6.07) is 7.93. The molecule has 0 saturated carbocycles. The first kappa shape index (κ1) is 14.7. The van der Waals surface area contributed by atoms with E-state index >= 15 is 0 Å². The van der Waals surface area contributed by atoms with Gasteiger partial charge in [0.25, 0.3) is 0 Å². The Hall–Kier alpha value is -1.26. The number of carbonyl (C=O) groups is 1. The van der Waals surface area contributed by atoms with Crippen LogP contribution in [0.2, 0.25) is 5.02 Å². The number of carbonyl (C=O) groups excluding carboxylic acids is 1. The number of rotatable bonds is 2. The van der Waals surface area contributed by atoms with Crippen LogP contribution in [0.25, 0.3) is 0 Å². The van der Waals surface area contributed by atoms with E-state index in [1.54, 1.807) is 0 Å². The van der Waals surface area contributed by atoms with Gasteiger partial charge in [-0.25, -0.2) is 0 Å². The number of hydrogen-bond donors (Lipinski definition) is 1. The standard InChI is InChI=1S/C16H22ClN3O/c1-12-10-18-11-15(12)16(21)20-7-5-19(6-8-20)14-4-2-3-13(17)9-14/h2-4,9,12,15,18H,5-8,10-11H2,1H3/t12-,15-/m1/s1. The summed E-state index contributed by atoms with van der Waals surface area (Å²) < 4.78 is 0. The highest BCUT2D eigenvalue weighted by Crippen LogP contribution is 2.23. The van der Waals surface area contributed by atoms with Gasteiger partial charge in [-0.2, -0.15) is 0 Å². The highest BCUT2D eigenvalue weighted by molar-refractivity contribution is 6.30. The van der Waals surface area contributed by atoms with E-state index in [4.69, 9.17) is 11.6 Å². The molecule has 0 bridgehead atoms. The van der Waals surface area contributed by atoms with Gasteiger partial charge in [0.1, 0.15) is 0 Å². The molecule has 1 N–H and O–H groups in total. The predicted molar refractivity (Wildman–Crippen MR) is 85.8 cm³/mol. The minimum Gasteiger partial charge on any atom is -0.368 e. The molecule has 3 rings (SSSR count). The predicted octanol–water partition coefficient (Wildman–Crippen LogP) is 1.84. The lowest BCUT2D eigenvalue weighted by Gasteiger charge is -2.37. The van der Waals surface area contributed by atoms with E-state index in [-0.39, 0.29) is 5.92 Å². The van der Waals surface area contributed by atoms with Crippen LogP contribution in [-0.2, 0) is 4.79 Å². The second-order valence-electron chi connectivity index (χ2n) is 6.03. The molecule has 0 radical (unpaired) electrons. The molecule has 0 unspecified atom stereocenters. The Labute approximate surface area is 131 Å². The molecule has 2 fully saturated rings. The maximum Gasteiger partial charge on any atom is 0.227 e. The summed E-state index contributed by atoms with van der Waals surface area (Å²) in [6.07, 6.45) is 0. The van der Waals surface area contributed by atoms with Crippen LogP contribution in [-0.4, -0.2) is 50.1 Å². The van der Waals surface area contributed by atoms with Crippen molar-refractivity contribution in [3.05, 3.63) is 29.3 Å². The third-order valence-corrected chi connectivity index (χ3v) is 4.83. The second-order valence-corrected chi connectivity index (χ2v) is 6.47. The van der Waals surface area contributed by atoms with Gasteiger partial charge in [0.2, 0.25) is 5.91 Å². The van der Waals surface area contributed by atoms with E-state index in [0.29, 0.717) is 11.8 Å². The number of nitrogens with one attached hydrogen (secondary N) is 1. The Morgan fingerprint density at radius 3 is 2.62 bits per heavy atom. The van der Waals surface area contributed by atoms with Crippen molar-refractivity contribution in [3.63, 3.8) is 0 Å². The van der Waals surface area contributed by atoms with Crippen LogP contribution in [0.1, 0.15) is 6.92 Å². The Balaban J connectivity index is 1.59. The van der Waals surface area contributed by atoms with Crippen LogP contribution in [0.5, 0.6) is 0 Å². The quantitative estimate of drug-likeness (QED) is 0.906. The van der Waals surface area contributed by atoms with E-state index in [0.717, 1.165) is 50.0 Å². The SMILES string of the molecule is C[C@@H]1CNC[C@H]1C(=O)N1CCN(c2cccc(Cl)c2)CC1. The molecule has 4 nitrogen and oxygen atoms in total. The van der Waals surface area contributed by atoms with E-state index in [9.17, 15) is 4.79 Å². The van der Waals surface area contributed by atoms with Crippen molar-refractivity contribution in [1.29, 1.82) is 0 Å². The lowest BCUT2D eigenvalue weighted by molar-refractivity contribution is -0.136. The smallest absolute Gasteiger partial charge is 0.227 e. The van der Waals surface area contributed by atoms with Crippen LogP contribution < -0.4 is 10.2 Å². The van der Waals surface area contributed by atoms with Crippen molar-refractivity contribution in [2.75, 3.05) is 44.2 Å². The topological polar surface area (TPSA) is 35.6 Å². The molecule has 1 aromatic carbocycles. The maximum atomic E-state index is 12.6. The normalized spacial score (nSPS) is 26.2. The zero-order valence-corrected chi connectivity index (χ0v) is 13.1. The number of halogens is 1. The summed E-state index contributed by atoms with van der Waals surface area (Å²) in [5.74, 6) is 0.921. The number of hydrogen-bond acceptors (Lipinski definition) is 3. The molecular formula is C16H22ClN3O. The van der Waals surface area contributed by atoms with Gasteiger partial charge < -0.3 is 15.1 Å². The third kappa shape index (κ3) is 3.16. The molecule has 0 aliphatic carbocycles. The fourth-order valence-corrected chi connectivity index (χ4v) is 3.42. The molecular weight excluding hydrogens is 286 g/mol. The number of amides is 1. The largest absolute Gasteiger partial charge is 0.368 e. The molecule has 2 atom stereocenters. The number of nitrogens with zero attached hydrogens (tertiary/aromatic N) is 2. The summed E-state index contributed by atoms with van der Waals surface area (Å²) in [5, 5.41) is 4.07. The highest BCUT2D eigenvalue weighted by atomic mass is 35.5. The van der Waals surface area contributed by atoms with Crippen molar-refractivity contribution in [3.8, 4) is 0 Å². The Kier molecular flexibility index (Phi) is 4.36. The summed E-state index contributed by atoms with van der Waals surface area (Å²) in [6.45, 7) is 7.29. The number of anilines is 1. The highest BCUT2D eigenvalue weighted by Gasteiger charge is 2.33. The molecule has 0 spiro atoms.